The average Bonchev–Trinajstić information content (AvgIpc) is 2.81. The van der Waals surface area contributed by atoms with E-state index in [1.807, 2.05) is 30.3 Å². The van der Waals surface area contributed by atoms with Gasteiger partial charge in [-0.1, -0.05) is 30.3 Å². The van der Waals surface area contributed by atoms with E-state index >= 15 is 0 Å². The summed E-state index contributed by atoms with van der Waals surface area (Å²) in [4.78, 5) is 24.3. The standard InChI is InChI=1S/C25H24FNO4/c26-22-11-7-20(8-12-22)25(29)21-9-13-23(14-10-21)31-18-24(28)27-15-4-16-30-17-19-5-2-1-3-6-19/h1-3,5-14H,4,15-18H2,(H,27,28). The van der Waals surface area contributed by atoms with Gasteiger partial charge >= 0.3 is 0 Å². The second-order valence-electron chi connectivity index (χ2n) is 6.89. The summed E-state index contributed by atoms with van der Waals surface area (Å²) in [5.41, 5.74) is 1.98. The molecule has 3 aromatic rings. The maximum absolute atomic E-state index is 13.0. The van der Waals surface area contributed by atoms with Crippen molar-refractivity contribution in [3.8, 4) is 5.75 Å². The number of rotatable bonds is 11. The number of benzene rings is 3. The van der Waals surface area contributed by atoms with Crippen molar-refractivity contribution < 1.29 is 23.5 Å². The SMILES string of the molecule is O=C(COc1ccc(C(=O)c2ccc(F)cc2)cc1)NCCCOCc1ccccc1. The topological polar surface area (TPSA) is 64.6 Å². The van der Waals surface area contributed by atoms with Crippen molar-refractivity contribution in [3.63, 3.8) is 0 Å². The number of carbonyl (C=O) groups excluding carboxylic acids is 2. The summed E-state index contributed by atoms with van der Waals surface area (Å²) in [7, 11) is 0. The number of carbonyl (C=O) groups is 2. The van der Waals surface area contributed by atoms with Crippen molar-refractivity contribution in [1.82, 2.24) is 5.32 Å². The minimum Gasteiger partial charge on any atom is -0.484 e. The van der Waals surface area contributed by atoms with E-state index in [9.17, 15) is 14.0 Å². The van der Waals surface area contributed by atoms with Gasteiger partial charge in [0, 0.05) is 24.3 Å². The molecule has 0 aliphatic rings. The average molecular weight is 421 g/mol. The van der Waals surface area contributed by atoms with E-state index in [-0.39, 0.29) is 18.3 Å². The molecule has 31 heavy (non-hydrogen) atoms. The van der Waals surface area contributed by atoms with Crippen molar-refractivity contribution in [2.45, 2.75) is 13.0 Å². The Morgan fingerprint density at radius 1 is 0.839 bits per heavy atom. The van der Waals surface area contributed by atoms with Gasteiger partial charge in [-0.15, -0.1) is 0 Å². The minimum atomic E-state index is -0.390. The summed E-state index contributed by atoms with van der Waals surface area (Å²) in [6, 6.07) is 21.8. The van der Waals surface area contributed by atoms with Crippen LogP contribution >= 0.6 is 0 Å². The zero-order chi connectivity index (χ0) is 21.9. The molecule has 160 valence electrons. The Bertz CT molecular complexity index is 973. The van der Waals surface area contributed by atoms with Crippen LogP contribution < -0.4 is 10.1 Å². The molecule has 0 heterocycles. The summed E-state index contributed by atoms with van der Waals surface area (Å²) in [6.07, 6.45) is 0.707. The first kappa shape index (κ1) is 22.2. The Hall–Kier alpha value is -3.51. The molecule has 0 aliphatic carbocycles. The van der Waals surface area contributed by atoms with Gasteiger partial charge in [0.15, 0.2) is 12.4 Å². The zero-order valence-corrected chi connectivity index (χ0v) is 17.1. The van der Waals surface area contributed by atoms with Crippen LogP contribution in [0.1, 0.15) is 27.9 Å². The fraction of sp³-hybridized carbons (Fsp3) is 0.200. The lowest BCUT2D eigenvalue weighted by Gasteiger charge is -2.09. The van der Waals surface area contributed by atoms with Gasteiger partial charge in [0.25, 0.3) is 5.91 Å². The maximum atomic E-state index is 13.0. The molecule has 0 aromatic heterocycles. The van der Waals surface area contributed by atoms with Gasteiger partial charge in [-0.05, 0) is 60.5 Å². The number of hydrogen-bond acceptors (Lipinski definition) is 4. The van der Waals surface area contributed by atoms with Crippen molar-refractivity contribution in [2.75, 3.05) is 19.8 Å². The number of halogens is 1. The summed E-state index contributed by atoms with van der Waals surface area (Å²) in [6.45, 7) is 1.50. The van der Waals surface area contributed by atoms with Crippen LogP contribution in [-0.2, 0) is 16.1 Å². The second-order valence-corrected chi connectivity index (χ2v) is 6.89. The molecular weight excluding hydrogens is 397 g/mol. The van der Waals surface area contributed by atoms with Crippen molar-refractivity contribution in [3.05, 3.63) is 101 Å². The molecule has 0 fully saturated rings. The Balaban J connectivity index is 1.32. The first-order valence-corrected chi connectivity index (χ1v) is 10.0. The zero-order valence-electron chi connectivity index (χ0n) is 17.1. The molecule has 6 heteroatoms. The molecule has 1 amide bonds. The van der Waals surface area contributed by atoms with Crippen molar-refractivity contribution in [1.29, 1.82) is 0 Å². The van der Waals surface area contributed by atoms with Gasteiger partial charge in [-0.2, -0.15) is 0 Å². The fourth-order valence-corrected chi connectivity index (χ4v) is 2.84. The van der Waals surface area contributed by atoms with Crippen molar-refractivity contribution in [2.24, 2.45) is 0 Å². The molecule has 0 radical (unpaired) electrons. The van der Waals surface area contributed by atoms with Crippen LogP contribution in [0.3, 0.4) is 0 Å². The smallest absolute Gasteiger partial charge is 0.257 e. The molecule has 0 spiro atoms. The number of amides is 1. The highest BCUT2D eigenvalue weighted by Crippen LogP contribution is 2.16. The number of hydrogen-bond donors (Lipinski definition) is 1. The highest BCUT2D eigenvalue weighted by Gasteiger charge is 2.10. The lowest BCUT2D eigenvalue weighted by Crippen LogP contribution is -2.30. The monoisotopic (exact) mass is 421 g/mol. The van der Waals surface area contributed by atoms with Crippen LogP contribution in [0.2, 0.25) is 0 Å². The largest absolute Gasteiger partial charge is 0.484 e. The van der Waals surface area contributed by atoms with Gasteiger partial charge in [0.2, 0.25) is 0 Å². The van der Waals surface area contributed by atoms with E-state index in [2.05, 4.69) is 5.32 Å². The summed E-state index contributed by atoms with van der Waals surface area (Å²) in [5.74, 6) is -0.344. The normalized spacial score (nSPS) is 10.5. The third-order valence-corrected chi connectivity index (χ3v) is 4.49. The number of ether oxygens (including phenoxy) is 2. The highest BCUT2D eigenvalue weighted by molar-refractivity contribution is 6.09. The van der Waals surface area contributed by atoms with E-state index in [1.54, 1.807) is 24.3 Å². The third kappa shape index (κ3) is 7.35. The lowest BCUT2D eigenvalue weighted by atomic mass is 10.0. The van der Waals surface area contributed by atoms with Crippen LogP contribution in [0.5, 0.6) is 5.75 Å². The van der Waals surface area contributed by atoms with Crippen LogP contribution in [-0.4, -0.2) is 31.4 Å². The van der Waals surface area contributed by atoms with Gasteiger partial charge in [-0.25, -0.2) is 4.39 Å². The second kappa shape index (κ2) is 11.6. The lowest BCUT2D eigenvalue weighted by molar-refractivity contribution is -0.123. The predicted octanol–water partition coefficient (Wildman–Crippen LogP) is 4.16. The van der Waals surface area contributed by atoms with E-state index in [1.165, 1.54) is 24.3 Å². The van der Waals surface area contributed by atoms with Crippen LogP contribution in [0.4, 0.5) is 4.39 Å². The molecule has 0 unspecified atom stereocenters. The molecule has 0 saturated carbocycles. The maximum Gasteiger partial charge on any atom is 0.257 e. The van der Waals surface area contributed by atoms with Crippen LogP contribution in [0.15, 0.2) is 78.9 Å². The van der Waals surface area contributed by atoms with Gasteiger partial charge in [-0.3, -0.25) is 9.59 Å². The minimum absolute atomic E-state index is 0.115. The molecule has 0 atom stereocenters. The first-order chi connectivity index (χ1) is 15.1. The van der Waals surface area contributed by atoms with Crippen LogP contribution in [0, 0.1) is 5.82 Å². The number of ketones is 1. The molecular formula is C25H24FNO4. The van der Waals surface area contributed by atoms with E-state index in [0.29, 0.717) is 43.1 Å². The van der Waals surface area contributed by atoms with Gasteiger partial charge < -0.3 is 14.8 Å². The summed E-state index contributed by atoms with van der Waals surface area (Å²) in [5, 5.41) is 2.78. The van der Waals surface area contributed by atoms with E-state index in [4.69, 9.17) is 9.47 Å². The molecule has 0 saturated heterocycles. The van der Waals surface area contributed by atoms with Gasteiger partial charge in [0.05, 0.1) is 6.61 Å². The van der Waals surface area contributed by atoms with Crippen molar-refractivity contribution >= 4 is 11.7 Å². The molecule has 0 aliphatic heterocycles. The molecule has 0 bridgehead atoms. The highest BCUT2D eigenvalue weighted by atomic mass is 19.1. The molecule has 3 aromatic carbocycles. The third-order valence-electron chi connectivity index (χ3n) is 4.49. The summed E-state index contributed by atoms with van der Waals surface area (Å²) >= 11 is 0. The van der Waals surface area contributed by atoms with E-state index < -0.39 is 5.82 Å². The number of nitrogens with one attached hydrogen (secondary N) is 1. The Morgan fingerprint density at radius 2 is 1.48 bits per heavy atom. The Labute approximate surface area is 180 Å². The molecule has 3 rings (SSSR count). The Kier molecular flexibility index (Phi) is 8.31. The molecule has 1 N–H and O–H groups in total. The van der Waals surface area contributed by atoms with Gasteiger partial charge in [0.1, 0.15) is 11.6 Å². The fourth-order valence-electron chi connectivity index (χ4n) is 2.84. The van der Waals surface area contributed by atoms with Crippen LogP contribution in [0.25, 0.3) is 0 Å². The van der Waals surface area contributed by atoms with E-state index in [0.717, 1.165) is 5.56 Å². The quantitative estimate of drug-likeness (QED) is 0.373. The Morgan fingerprint density at radius 3 is 2.16 bits per heavy atom. The predicted molar refractivity (Wildman–Crippen MR) is 115 cm³/mol. The molecule has 5 nitrogen and oxygen atoms in total. The first-order valence-electron chi connectivity index (χ1n) is 10.0. The summed E-state index contributed by atoms with van der Waals surface area (Å²) < 4.78 is 24.0.